The molecule has 6 aromatic rings. The number of methoxy groups -OCH3 is 2. The summed E-state index contributed by atoms with van der Waals surface area (Å²) in [5, 5.41) is 11.0. The molecule has 208 valence electrons. The maximum Gasteiger partial charge on any atom is 0.228 e. The summed E-state index contributed by atoms with van der Waals surface area (Å²) in [4.78, 5) is 15.2. The minimum atomic E-state index is -0.191. The van der Waals surface area contributed by atoms with Crippen molar-refractivity contribution in [3.8, 4) is 23.1 Å². The Kier molecular flexibility index (Phi) is 6.39. The summed E-state index contributed by atoms with van der Waals surface area (Å²) in [7, 11) is 3.30. The molecule has 9 nitrogen and oxygen atoms in total. The molecule has 1 aliphatic rings. The molecular weight excluding hydrogens is 530 g/mol. The zero-order chi connectivity index (χ0) is 28.6. The number of fused-ring (bicyclic) bond motifs is 6. The van der Waals surface area contributed by atoms with Crippen molar-refractivity contribution in [1.82, 2.24) is 19.6 Å². The van der Waals surface area contributed by atoms with Gasteiger partial charge in [0.2, 0.25) is 5.88 Å². The first-order valence-corrected chi connectivity index (χ1v) is 13.5. The van der Waals surface area contributed by atoms with Crippen molar-refractivity contribution >= 4 is 22.1 Å². The van der Waals surface area contributed by atoms with Gasteiger partial charge in [-0.1, -0.05) is 53.7 Å². The largest absolute Gasteiger partial charge is 0.497 e. The monoisotopic (exact) mass is 557 g/mol. The number of nitrogens with zero attached hydrogens (tertiary/aromatic N) is 5. The minimum absolute atomic E-state index is 0.0965. The predicted octanol–water partition coefficient (Wildman–Crippen LogP) is 6.52. The molecule has 3 heterocycles. The van der Waals surface area contributed by atoms with Gasteiger partial charge in [-0.2, -0.15) is 0 Å². The first-order chi connectivity index (χ1) is 20.6. The van der Waals surface area contributed by atoms with E-state index in [9.17, 15) is 0 Å². The number of aromatic nitrogens is 4. The zero-order valence-electron chi connectivity index (χ0n) is 23.3. The second-order valence-corrected chi connectivity index (χ2v) is 9.95. The maximum atomic E-state index is 6.50. The first-order valence-electron chi connectivity index (χ1n) is 13.5. The van der Waals surface area contributed by atoms with Crippen molar-refractivity contribution < 1.29 is 19.0 Å². The average Bonchev–Trinajstić information content (AvgIpc) is 3.47. The smallest absolute Gasteiger partial charge is 0.228 e. The van der Waals surface area contributed by atoms with E-state index in [2.05, 4.69) is 51.6 Å². The number of rotatable bonds is 7. The summed E-state index contributed by atoms with van der Waals surface area (Å²) in [6.07, 6.45) is 1.62. The molecule has 9 heteroatoms. The van der Waals surface area contributed by atoms with Crippen molar-refractivity contribution in [3.63, 3.8) is 0 Å². The fraction of sp³-hybridized carbons (Fsp3) is 0.152. The van der Waals surface area contributed by atoms with Crippen LogP contribution in [0.2, 0.25) is 0 Å². The van der Waals surface area contributed by atoms with Gasteiger partial charge in [-0.15, -0.1) is 5.10 Å². The first kappa shape index (κ1) is 25.5. The number of oxime groups is 1. The fourth-order valence-corrected chi connectivity index (χ4v) is 5.37. The van der Waals surface area contributed by atoms with Crippen LogP contribution in [-0.4, -0.2) is 39.5 Å². The molecule has 1 unspecified atom stereocenters. The van der Waals surface area contributed by atoms with Crippen LogP contribution in [0.1, 0.15) is 40.9 Å². The molecule has 0 N–H and O–H groups in total. The fourth-order valence-electron chi connectivity index (χ4n) is 5.37. The molecule has 0 fully saturated rings. The number of ether oxygens (including phenoxy) is 3. The minimum Gasteiger partial charge on any atom is -0.497 e. The second kappa shape index (κ2) is 10.5. The van der Waals surface area contributed by atoms with Gasteiger partial charge in [0.1, 0.15) is 23.6 Å². The molecule has 0 radical (unpaired) electrons. The summed E-state index contributed by atoms with van der Waals surface area (Å²) < 4.78 is 18.8. The van der Waals surface area contributed by atoms with E-state index in [1.807, 2.05) is 55.5 Å². The third-order valence-corrected chi connectivity index (χ3v) is 7.49. The highest BCUT2D eigenvalue weighted by Crippen LogP contribution is 2.50. The lowest BCUT2D eigenvalue weighted by atomic mass is 9.83. The van der Waals surface area contributed by atoms with E-state index in [4.69, 9.17) is 24.0 Å². The van der Waals surface area contributed by atoms with E-state index in [1.54, 1.807) is 25.1 Å². The predicted molar refractivity (Wildman–Crippen MR) is 159 cm³/mol. The molecule has 7 rings (SSSR count). The van der Waals surface area contributed by atoms with Crippen LogP contribution in [0.3, 0.4) is 0 Å². The second-order valence-electron chi connectivity index (χ2n) is 9.95. The third-order valence-electron chi connectivity index (χ3n) is 7.49. The molecule has 0 saturated heterocycles. The lowest BCUT2D eigenvalue weighted by Crippen LogP contribution is -2.15. The van der Waals surface area contributed by atoms with Crippen LogP contribution < -0.4 is 14.2 Å². The van der Waals surface area contributed by atoms with Crippen LogP contribution in [0.15, 0.2) is 96.4 Å². The Balaban J connectivity index is 1.27. The molecular formula is C33H27N5O4. The van der Waals surface area contributed by atoms with Gasteiger partial charge in [0.05, 0.1) is 25.5 Å². The average molecular weight is 558 g/mol. The van der Waals surface area contributed by atoms with Gasteiger partial charge in [0.25, 0.3) is 0 Å². The standard InChI is InChI=1S/C33H27N5O4/c1-20(21-8-13-24(39-2)14-9-21)37-41-18-28-35-32-30-29(23-10-15-25(40-3)16-11-23)27-17-12-22-6-4-5-7-26(22)31(27)42-33(30)34-19-38(32)36-28/h4-17,19,29H,18H2,1-3H3. The molecule has 0 amide bonds. The lowest BCUT2D eigenvalue weighted by Gasteiger charge is -2.28. The van der Waals surface area contributed by atoms with Crippen molar-refractivity contribution in [2.24, 2.45) is 5.16 Å². The molecule has 4 aromatic carbocycles. The molecule has 42 heavy (non-hydrogen) atoms. The van der Waals surface area contributed by atoms with E-state index in [0.717, 1.165) is 56.0 Å². The Bertz CT molecular complexity index is 1950. The Morgan fingerprint density at radius 3 is 2.40 bits per heavy atom. The number of hydrogen-bond donors (Lipinski definition) is 0. The molecule has 0 saturated carbocycles. The zero-order valence-corrected chi connectivity index (χ0v) is 23.3. The molecule has 2 aromatic heterocycles. The van der Waals surface area contributed by atoms with Crippen molar-refractivity contribution in [1.29, 1.82) is 0 Å². The normalized spacial score (nSPS) is 14.3. The van der Waals surface area contributed by atoms with Gasteiger partial charge in [-0.05, 0) is 59.8 Å². The van der Waals surface area contributed by atoms with Gasteiger partial charge >= 0.3 is 0 Å². The van der Waals surface area contributed by atoms with Crippen LogP contribution in [0.4, 0.5) is 0 Å². The van der Waals surface area contributed by atoms with Crippen LogP contribution >= 0.6 is 0 Å². The summed E-state index contributed by atoms with van der Waals surface area (Å²) in [5.74, 6) is 3.16. The summed E-state index contributed by atoms with van der Waals surface area (Å²) in [6, 6.07) is 28.1. The lowest BCUT2D eigenvalue weighted by molar-refractivity contribution is 0.125. The van der Waals surface area contributed by atoms with E-state index in [-0.39, 0.29) is 12.5 Å². The van der Waals surface area contributed by atoms with Crippen molar-refractivity contribution in [3.05, 3.63) is 119 Å². The highest BCUT2D eigenvalue weighted by Gasteiger charge is 2.34. The van der Waals surface area contributed by atoms with E-state index in [0.29, 0.717) is 17.4 Å². The van der Waals surface area contributed by atoms with Gasteiger partial charge < -0.3 is 19.0 Å². The van der Waals surface area contributed by atoms with Gasteiger partial charge in [0, 0.05) is 16.9 Å². The van der Waals surface area contributed by atoms with Gasteiger partial charge in [0.15, 0.2) is 18.1 Å². The highest BCUT2D eigenvalue weighted by atomic mass is 16.6. The Morgan fingerprint density at radius 1 is 0.905 bits per heavy atom. The summed E-state index contributed by atoms with van der Waals surface area (Å²) >= 11 is 0. The van der Waals surface area contributed by atoms with Crippen LogP contribution in [0.25, 0.3) is 16.4 Å². The van der Waals surface area contributed by atoms with Crippen molar-refractivity contribution in [2.75, 3.05) is 14.2 Å². The summed E-state index contributed by atoms with van der Waals surface area (Å²) in [6.45, 7) is 1.98. The van der Waals surface area contributed by atoms with Crippen LogP contribution in [0.5, 0.6) is 23.1 Å². The van der Waals surface area contributed by atoms with E-state index in [1.165, 1.54) is 0 Å². The molecule has 0 spiro atoms. The Hall–Kier alpha value is -5.44. The highest BCUT2D eigenvalue weighted by molar-refractivity contribution is 5.98. The maximum absolute atomic E-state index is 6.50. The van der Waals surface area contributed by atoms with E-state index < -0.39 is 0 Å². The summed E-state index contributed by atoms with van der Waals surface area (Å²) in [5.41, 5.74) is 5.24. The Labute approximate surface area is 242 Å². The quantitative estimate of drug-likeness (QED) is 0.163. The molecule has 1 aliphatic heterocycles. The number of benzene rings is 4. The van der Waals surface area contributed by atoms with Crippen molar-refractivity contribution in [2.45, 2.75) is 19.4 Å². The van der Waals surface area contributed by atoms with Gasteiger partial charge in [-0.3, -0.25) is 0 Å². The number of hydrogen-bond acceptors (Lipinski definition) is 8. The molecule has 1 atom stereocenters. The molecule has 0 aliphatic carbocycles. The van der Waals surface area contributed by atoms with Gasteiger partial charge in [-0.25, -0.2) is 14.5 Å². The van der Waals surface area contributed by atoms with Crippen LogP contribution in [-0.2, 0) is 11.4 Å². The third kappa shape index (κ3) is 4.45. The van der Waals surface area contributed by atoms with E-state index >= 15 is 0 Å². The Morgan fingerprint density at radius 2 is 1.64 bits per heavy atom. The molecule has 0 bridgehead atoms. The topological polar surface area (TPSA) is 92.4 Å². The van der Waals surface area contributed by atoms with Crippen LogP contribution in [0, 0.1) is 0 Å². The SMILES string of the molecule is COc1ccc(C(C)=NOCc2nc3c4c(ncn3n2)Oc2c(ccc3ccccc23)C4c2ccc(OC)cc2)cc1.